The van der Waals surface area contributed by atoms with Crippen molar-refractivity contribution in [1.29, 1.82) is 0 Å². The molecule has 160 valence electrons. The van der Waals surface area contributed by atoms with Crippen LogP contribution < -0.4 is 15.8 Å². The molecule has 0 saturated carbocycles. The fraction of sp³-hybridized carbons (Fsp3) is 0.375. The first-order valence-corrected chi connectivity index (χ1v) is 10.9. The Morgan fingerprint density at radius 3 is 2.74 bits per heavy atom. The second-order valence-corrected chi connectivity index (χ2v) is 8.52. The summed E-state index contributed by atoms with van der Waals surface area (Å²) in [6.45, 7) is 11.4. The first kappa shape index (κ1) is 19.8. The molecule has 1 fully saturated rings. The van der Waals surface area contributed by atoms with E-state index in [4.69, 9.17) is 9.97 Å². The van der Waals surface area contributed by atoms with E-state index in [-0.39, 0.29) is 5.56 Å². The van der Waals surface area contributed by atoms with Crippen molar-refractivity contribution in [2.24, 2.45) is 0 Å². The maximum absolute atomic E-state index is 13.0. The highest BCUT2D eigenvalue weighted by Gasteiger charge is 2.17. The van der Waals surface area contributed by atoms with Crippen molar-refractivity contribution < 1.29 is 0 Å². The third kappa shape index (κ3) is 3.39. The molecule has 0 spiro atoms. The molecule has 1 N–H and O–H groups in total. The van der Waals surface area contributed by atoms with Gasteiger partial charge in [0.25, 0.3) is 5.56 Å². The summed E-state index contributed by atoms with van der Waals surface area (Å²) in [5.41, 5.74) is 7.58. The number of nitrogens with one attached hydrogen (secondary N) is 1. The average Bonchev–Trinajstić information content (AvgIpc) is 3.18. The number of rotatable bonds is 3. The van der Waals surface area contributed by atoms with Crippen LogP contribution in [-0.4, -0.2) is 44.4 Å². The van der Waals surface area contributed by atoms with Crippen molar-refractivity contribution in [3.8, 4) is 11.4 Å². The Kier molecular flexibility index (Phi) is 4.78. The Hall–Kier alpha value is -3.19. The van der Waals surface area contributed by atoms with Crippen LogP contribution in [0.3, 0.4) is 0 Å². The summed E-state index contributed by atoms with van der Waals surface area (Å²) in [6, 6.07) is 5.99. The minimum atomic E-state index is -0.0933. The molecule has 0 aromatic carbocycles. The zero-order valence-corrected chi connectivity index (χ0v) is 18.5. The van der Waals surface area contributed by atoms with Crippen LogP contribution in [0.25, 0.3) is 22.7 Å². The van der Waals surface area contributed by atoms with Crippen LogP contribution in [0.2, 0.25) is 0 Å². The van der Waals surface area contributed by atoms with E-state index in [9.17, 15) is 4.79 Å². The lowest BCUT2D eigenvalue weighted by Gasteiger charge is -2.33. The fourth-order valence-electron chi connectivity index (χ4n) is 4.73. The van der Waals surface area contributed by atoms with Crippen LogP contribution in [0.4, 0.5) is 5.69 Å². The predicted molar refractivity (Wildman–Crippen MR) is 124 cm³/mol. The zero-order valence-electron chi connectivity index (χ0n) is 18.5. The fourth-order valence-corrected chi connectivity index (χ4v) is 4.73. The van der Waals surface area contributed by atoms with Gasteiger partial charge in [-0.2, -0.15) is 0 Å². The van der Waals surface area contributed by atoms with E-state index < -0.39 is 0 Å². The van der Waals surface area contributed by atoms with Gasteiger partial charge in [0.1, 0.15) is 17.0 Å². The Morgan fingerprint density at radius 2 is 1.97 bits per heavy atom. The van der Waals surface area contributed by atoms with E-state index in [0.717, 1.165) is 43.1 Å². The van der Waals surface area contributed by atoms with Crippen LogP contribution in [0, 0.1) is 13.8 Å². The SMILES string of the molecule is CCc1c(C)cn2cc(-c3cc(=O)n4cc(N5CCNC(C)C5)ccc4n3)nc2c1C. The van der Waals surface area contributed by atoms with Gasteiger partial charge in [-0.25, -0.2) is 9.97 Å². The van der Waals surface area contributed by atoms with E-state index in [2.05, 4.69) is 44.1 Å². The molecule has 1 saturated heterocycles. The average molecular weight is 417 g/mol. The van der Waals surface area contributed by atoms with Gasteiger partial charge in [0.15, 0.2) is 0 Å². The van der Waals surface area contributed by atoms with E-state index in [0.29, 0.717) is 17.4 Å². The summed E-state index contributed by atoms with van der Waals surface area (Å²) in [6.07, 6.45) is 6.94. The Balaban J connectivity index is 1.58. The number of aromatic nitrogens is 4. The smallest absolute Gasteiger partial charge is 0.258 e. The summed E-state index contributed by atoms with van der Waals surface area (Å²) < 4.78 is 3.67. The van der Waals surface area contributed by atoms with Crippen molar-refractivity contribution in [3.05, 3.63) is 63.8 Å². The highest BCUT2D eigenvalue weighted by Crippen LogP contribution is 2.24. The molecule has 4 aromatic heterocycles. The Morgan fingerprint density at radius 1 is 1.13 bits per heavy atom. The number of nitrogens with zero attached hydrogens (tertiary/aromatic N) is 5. The summed E-state index contributed by atoms with van der Waals surface area (Å²) in [5.74, 6) is 0. The standard InChI is InChI=1S/C24H28N6O/c1-5-19-15(2)11-29-14-21(27-24(29)17(19)4)20-10-23(31)30-13-18(6-7-22(30)26-20)28-9-8-25-16(3)12-28/h6-7,10-11,13-14,16,25H,5,8-9,12H2,1-4H3. The van der Waals surface area contributed by atoms with Gasteiger partial charge in [0.05, 0.1) is 11.4 Å². The maximum atomic E-state index is 13.0. The van der Waals surface area contributed by atoms with Gasteiger partial charge in [-0.1, -0.05) is 6.92 Å². The van der Waals surface area contributed by atoms with Crippen molar-refractivity contribution in [2.75, 3.05) is 24.5 Å². The molecule has 1 atom stereocenters. The number of fused-ring (bicyclic) bond motifs is 2. The first-order valence-electron chi connectivity index (χ1n) is 10.9. The minimum Gasteiger partial charge on any atom is -0.368 e. The molecule has 0 radical (unpaired) electrons. The largest absolute Gasteiger partial charge is 0.368 e. The third-order valence-corrected chi connectivity index (χ3v) is 6.32. The molecule has 7 heteroatoms. The lowest BCUT2D eigenvalue weighted by molar-refractivity contribution is 0.484. The molecule has 0 bridgehead atoms. The van der Waals surface area contributed by atoms with E-state index in [1.54, 1.807) is 10.5 Å². The van der Waals surface area contributed by atoms with Gasteiger partial charge in [-0.15, -0.1) is 0 Å². The van der Waals surface area contributed by atoms with Crippen LogP contribution in [-0.2, 0) is 6.42 Å². The van der Waals surface area contributed by atoms with Gasteiger partial charge in [-0.05, 0) is 56.0 Å². The number of aryl methyl sites for hydroxylation is 2. The Labute approximate surface area is 181 Å². The quantitative estimate of drug-likeness (QED) is 0.556. The molecule has 1 aliphatic rings. The van der Waals surface area contributed by atoms with Crippen LogP contribution in [0.15, 0.2) is 41.6 Å². The van der Waals surface area contributed by atoms with Crippen LogP contribution >= 0.6 is 0 Å². The monoisotopic (exact) mass is 416 g/mol. The first-order chi connectivity index (χ1) is 14.9. The van der Waals surface area contributed by atoms with Gasteiger partial charge in [-0.3, -0.25) is 9.20 Å². The number of hydrogen-bond donors (Lipinski definition) is 1. The molecular formula is C24H28N6O. The predicted octanol–water partition coefficient (Wildman–Crippen LogP) is 2.99. The van der Waals surface area contributed by atoms with E-state index >= 15 is 0 Å². The third-order valence-electron chi connectivity index (χ3n) is 6.32. The second kappa shape index (κ2) is 7.50. The molecule has 1 aliphatic heterocycles. The van der Waals surface area contributed by atoms with Crippen molar-refractivity contribution >= 4 is 17.0 Å². The second-order valence-electron chi connectivity index (χ2n) is 8.52. The number of imidazole rings is 1. The number of pyridine rings is 2. The molecule has 7 nitrogen and oxygen atoms in total. The normalized spacial score (nSPS) is 17.0. The molecule has 5 rings (SSSR count). The zero-order chi connectivity index (χ0) is 21.7. The molecule has 0 aliphatic carbocycles. The van der Waals surface area contributed by atoms with Crippen molar-refractivity contribution in [1.82, 2.24) is 24.1 Å². The highest BCUT2D eigenvalue weighted by molar-refractivity contribution is 5.65. The number of piperazine rings is 1. The summed E-state index contributed by atoms with van der Waals surface area (Å²) in [7, 11) is 0. The summed E-state index contributed by atoms with van der Waals surface area (Å²) in [5, 5.41) is 3.45. The van der Waals surface area contributed by atoms with Gasteiger partial charge in [0, 0.05) is 50.3 Å². The van der Waals surface area contributed by atoms with Crippen molar-refractivity contribution in [2.45, 2.75) is 40.2 Å². The molecule has 4 aromatic rings. The number of hydrogen-bond acceptors (Lipinski definition) is 5. The lowest BCUT2D eigenvalue weighted by atomic mass is 10.0. The van der Waals surface area contributed by atoms with E-state index in [1.807, 2.05) is 28.9 Å². The van der Waals surface area contributed by atoms with Gasteiger partial charge in [0.2, 0.25) is 0 Å². The van der Waals surface area contributed by atoms with Crippen LogP contribution in [0.5, 0.6) is 0 Å². The Bertz CT molecular complexity index is 1350. The number of anilines is 1. The topological polar surface area (TPSA) is 66.9 Å². The van der Waals surface area contributed by atoms with E-state index in [1.165, 1.54) is 16.7 Å². The van der Waals surface area contributed by atoms with Gasteiger partial charge < -0.3 is 14.6 Å². The molecule has 0 amide bonds. The lowest BCUT2D eigenvalue weighted by Crippen LogP contribution is -2.49. The summed E-state index contributed by atoms with van der Waals surface area (Å²) >= 11 is 0. The molecule has 5 heterocycles. The summed E-state index contributed by atoms with van der Waals surface area (Å²) in [4.78, 5) is 24.8. The molecule has 1 unspecified atom stereocenters. The van der Waals surface area contributed by atoms with Crippen LogP contribution in [0.1, 0.15) is 30.5 Å². The molecular weight excluding hydrogens is 388 g/mol. The minimum absolute atomic E-state index is 0.0933. The maximum Gasteiger partial charge on any atom is 0.258 e. The highest BCUT2D eigenvalue weighted by atomic mass is 16.1. The van der Waals surface area contributed by atoms with Crippen molar-refractivity contribution in [3.63, 3.8) is 0 Å². The molecule has 31 heavy (non-hydrogen) atoms. The van der Waals surface area contributed by atoms with Gasteiger partial charge >= 0.3 is 0 Å².